The van der Waals surface area contributed by atoms with Crippen LogP contribution in [0.2, 0.25) is 0 Å². The second kappa shape index (κ2) is 9.20. The van der Waals surface area contributed by atoms with Gasteiger partial charge in [-0.25, -0.2) is 4.79 Å². The van der Waals surface area contributed by atoms with Crippen molar-refractivity contribution in [3.8, 4) is 11.5 Å². The first-order valence-electron chi connectivity index (χ1n) is 11.7. The van der Waals surface area contributed by atoms with E-state index in [2.05, 4.69) is 9.64 Å². The van der Waals surface area contributed by atoms with Crippen molar-refractivity contribution in [3.05, 3.63) is 59.5 Å². The average Bonchev–Trinajstić information content (AvgIpc) is 3.38. The van der Waals surface area contributed by atoms with Crippen molar-refractivity contribution in [3.63, 3.8) is 0 Å². The maximum Gasteiger partial charge on any atom is 0.573 e. The molecule has 36 heavy (non-hydrogen) atoms. The lowest BCUT2D eigenvalue weighted by atomic mass is 9.72. The second-order valence-electron chi connectivity index (χ2n) is 9.04. The Bertz CT molecular complexity index is 1340. The third-order valence-corrected chi connectivity index (χ3v) is 7.09. The van der Waals surface area contributed by atoms with Crippen LogP contribution in [0.5, 0.6) is 11.5 Å². The maximum atomic E-state index is 13.1. The molecular formula is C26H26F3N3O4. The minimum Gasteiger partial charge on any atom is -0.449 e. The van der Waals surface area contributed by atoms with Crippen LogP contribution in [-0.2, 0) is 28.0 Å². The Morgan fingerprint density at radius 3 is 2.64 bits per heavy atom. The van der Waals surface area contributed by atoms with Crippen LogP contribution in [0.15, 0.2) is 48.4 Å². The number of benzene rings is 2. The van der Waals surface area contributed by atoms with E-state index in [1.54, 1.807) is 23.8 Å². The van der Waals surface area contributed by atoms with E-state index in [0.29, 0.717) is 62.3 Å². The third-order valence-electron chi connectivity index (χ3n) is 7.09. The molecule has 0 bridgehead atoms. The summed E-state index contributed by atoms with van der Waals surface area (Å²) in [6, 6.07) is 10.4. The highest BCUT2D eigenvalue weighted by molar-refractivity contribution is 5.97. The summed E-state index contributed by atoms with van der Waals surface area (Å²) in [7, 11) is 1.54. The van der Waals surface area contributed by atoms with Crippen LogP contribution >= 0.6 is 0 Å². The predicted octanol–water partition coefficient (Wildman–Crippen LogP) is 4.29. The summed E-state index contributed by atoms with van der Waals surface area (Å²) in [5.41, 5.74) is 8.29. The van der Waals surface area contributed by atoms with E-state index in [-0.39, 0.29) is 11.5 Å². The molecule has 5 rings (SSSR count). The summed E-state index contributed by atoms with van der Waals surface area (Å²) in [6.07, 6.45) is -1.80. The number of anilines is 1. The van der Waals surface area contributed by atoms with E-state index >= 15 is 0 Å². The summed E-state index contributed by atoms with van der Waals surface area (Å²) < 4.78 is 56.4. The third kappa shape index (κ3) is 4.11. The van der Waals surface area contributed by atoms with Crippen LogP contribution in [0, 0.1) is 0 Å². The van der Waals surface area contributed by atoms with Crippen molar-refractivity contribution < 1.29 is 32.2 Å². The topological polar surface area (TPSA) is 79.0 Å². The van der Waals surface area contributed by atoms with Crippen molar-refractivity contribution in [1.82, 2.24) is 4.57 Å². The molecule has 2 aliphatic heterocycles. The molecule has 190 valence electrons. The number of nitrogens with two attached hydrogens (primary N) is 1. The molecular weight excluding hydrogens is 475 g/mol. The van der Waals surface area contributed by atoms with Crippen LogP contribution < -0.4 is 20.1 Å². The fraction of sp³-hybridized carbons (Fsp3) is 0.385. The van der Waals surface area contributed by atoms with Crippen LogP contribution in [0.3, 0.4) is 0 Å². The predicted molar refractivity (Wildman–Crippen MR) is 128 cm³/mol. The molecule has 1 fully saturated rings. The van der Waals surface area contributed by atoms with Gasteiger partial charge in [0.25, 0.3) is 0 Å². The molecule has 0 amide bonds. The highest BCUT2D eigenvalue weighted by Gasteiger charge is 2.49. The average molecular weight is 502 g/mol. The number of hydrogen-bond acceptors (Lipinski definition) is 6. The van der Waals surface area contributed by atoms with Gasteiger partial charge in [0, 0.05) is 50.4 Å². The van der Waals surface area contributed by atoms with Crippen LogP contribution in [0.25, 0.3) is 10.9 Å². The van der Waals surface area contributed by atoms with Crippen LogP contribution in [-0.4, -0.2) is 43.7 Å². The van der Waals surface area contributed by atoms with Crippen molar-refractivity contribution >= 4 is 22.5 Å². The molecule has 0 radical (unpaired) electrons. The Labute approximate surface area is 205 Å². The summed E-state index contributed by atoms with van der Waals surface area (Å²) in [4.78, 5) is 14.0. The molecule has 3 heterocycles. The monoisotopic (exact) mass is 501 g/mol. The number of para-hydroxylation sites is 1. The SMILES string of the molecule is COCCn1cc(N2CCC3(CC2)C(=C=O)Oc2ccc(CN)cc23)c2cccc(OC(F)(F)F)c21. The zero-order valence-electron chi connectivity index (χ0n) is 19.7. The number of allylic oxidation sites excluding steroid dienone is 1. The molecule has 0 saturated carbocycles. The fourth-order valence-corrected chi connectivity index (χ4v) is 5.37. The number of fused-ring (bicyclic) bond motifs is 3. The molecule has 1 spiro atoms. The van der Waals surface area contributed by atoms with E-state index in [1.165, 1.54) is 6.07 Å². The lowest BCUT2D eigenvalue weighted by Gasteiger charge is -2.39. The number of ether oxygens (including phenoxy) is 3. The molecule has 0 unspecified atom stereocenters. The van der Waals surface area contributed by atoms with Crippen LogP contribution in [0.1, 0.15) is 24.0 Å². The Morgan fingerprint density at radius 1 is 1.19 bits per heavy atom. The van der Waals surface area contributed by atoms with Gasteiger partial charge < -0.3 is 29.4 Å². The molecule has 2 aliphatic rings. The van der Waals surface area contributed by atoms with Gasteiger partial charge in [-0.1, -0.05) is 18.2 Å². The highest BCUT2D eigenvalue weighted by Crippen LogP contribution is 2.52. The minimum absolute atomic E-state index is 0.255. The van der Waals surface area contributed by atoms with Gasteiger partial charge in [-0.3, -0.25) is 0 Å². The molecule has 0 atom stereocenters. The van der Waals surface area contributed by atoms with E-state index in [0.717, 1.165) is 16.8 Å². The number of methoxy groups -OCH3 is 1. The van der Waals surface area contributed by atoms with Crippen molar-refractivity contribution in [2.45, 2.75) is 37.7 Å². The zero-order chi connectivity index (χ0) is 25.5. The number of alkyl halides is 3. The quantitative estimate of drug-likeness (QED) is 0.508. The maximum absolute atomic E-state index is 13.1. The Kier molecular flexibility index (Phi) is 6.20. The molecule has 7 nitrogen and oxygen atoms in total. The standard InChI is InChI=1S/C26H26F3N3O4/c1-34-12-11-32-15-20(18-3-2-4-22(24(18)32)36-26(27,28)29)31-9-7-25(8-10-31)19-13-17(14-30)5-6-21(19)35-23(25)16-33/h2-6,13,15H,7-12,14,30H2,1H3. The number of halogens is 3. The number of rotatable bonds is 6. The van der Waals surface area contributed by atoms with Gasteiger partial charge in [0.2, 0.25) is 0 Å². The lowest BCUT2D eigenvalue weighted by Crippen LogP contribution is -2.43. The van der Waals surface area contributed by atoms with Crippen molar-refractivity contribution in [1.29, 1.82) is 0 Å². The summed E-state index contributed by atoms with van der Waals surface area (Å²) in [5.74, 6) is 2.66. The van der Waals surface area contributed by atoms with Crippen LogP contribution in [0.4, 0.5) is 18.9 Å². The molecule has 1 aromatic heterocycles. The van der Waals surface area contributed by atoms with Crippen molar-refractivity contribution in [2.24, 2.45) is 5.73 Å². The van der Waals surface area contributed by atoms with Gasteiger partial charge in [0.05, 0.1) is 23.2 Å². The molecule has 1 saturated heterocycles. The zero-order valence-corrected chi connectivity index (χ0v) is 19.7. The molecule has 0 aliphatic carbocycles. The molecule has 2 aromatic carbocycles. The summed E-state index contributed by atoms with van der Waals surface area (Å²) in [5, 5.41) is 0.656. The lowest BCUT2D eigenvalue weighted by molar-refractivity contribution is -0.274. The van der Waals surface area contributed by atoms with Gasteiger partial charge in [0.15, 0.2) is 17.5 Å². The molecule has 2 N–H and O–H groups in total. The minimum atomic E-state index is -4.81. The number of nitrogens with zero attached hydrogens (tertiary/aromatic N) is 2. The number of carbonyl (C=O) groups excluding carboxylic acids is 1. The van der Waals surface area contributed by atoms with E-state index in [9.17, 15) is 18.0 Å². The van der Waals surface area contributed by atoms with Gasteiger partial charge in [0.1, 0.15) is 5.75 Å². The second-order valence-corrected chi connectivity index (χ2v) is 9.04. The number of aromatic nitrogens is 1. The Balaban J connectivity index is 1.50. The molecule has 3 aromatic rings. The first-order chi connectivity index (χ1) is 17.3. The number of hydrogen-bond donors (Lipinski definition) is 1. The van der Waals surface area contributed by atoms with E-state index < -0.39 is 11.8 Å². The first kappa shape index (κ1) is 24.2. The molecule has 10 heteroatoms. The highest BCUT2D eigenvalue weighted by atomic mass is 19.4. The summed E-state index contributed by atoms with van der Waals surface area (Å²) >= 11 is 0. The normalized spacial score (nSPS) is 16.8. The van der Waals surface area contributed by atoms with Gasteiger partial charge in [-0.05, 0) is 36.6 Å². The van der Waals surface area contributed by atoms with Gasteiger partial charge >= 0.3 is 6.36 Å². The van der Waals surface area contributed by atoms with Gasteiger partial charge in [-0.15, -0.1) is 13.2 Å². The fourth-order valence-electron chi connectivity index (χ4n) is 5.37. The Morgan fingerprint density at radius 2 is 1.97 bits per heavy atom. The number of piperidine rings is 1. The first-order valence-corrected chi connectivity index (χ1v) is 11.7. The Hall–Kier alpha value is -3.46. The largest absolute Gasteiger partial charge is 0.573 e. The smallest absolute Gasteiger partial charge is 0.449 e. The van der Waals surface area contributed by atoms with E-state index in [1.807, 2.05) is 30.3 Å². The van der Waals surface area contributed by atoms with Gasteiger partial charge in [-0.2, -0.15) is 0 Å². The van der Waals surface area contributed by atoms with Crippen molar-refractivity contribution in [2.75, 3.05) is 31.7 Å². The van der Waals surface area contributed by atoms with E-state index in [4.69, 9.17) is 15.2 Å². The summed E-state index contributed by atoms with van der Waals surface area (Å²) in [6.45, 7) is 2.20.